The van der Waals surface area contributed by atoms with E-state index in [1.165, 1.54) is 12.1 Å². The molecular formula is C17H22FIN6O2. The zero-order valence-corrected chi connectivity index (χ0v) is 17.1. The van der Waals surface area contributed by atoms with Gasteiger partial charge < -0.3 is 25.7 Å². The van der Waals surface area contributed by atoms with Gasteiger partial charge in [0.05, 0.1) is 6.54 Å². The molecule has 1 amide bonds. The second-order valence-electron chi connectivity index (χ2n) is 5.94. The van der Waals surface area contributed by atoms with Crippen molar-refractivity contribution in [3.05, 3.63) is 47.8 Å². The lowest BCUT2D eigenvalue weighted by Crippen LogP contribution is -2.44. The van der Waals surface area contributed by atoms with Crippen LogP contribution in [0.1, 0.15) is 22.7 Å². The van der Waals surface area contributed by atoms with Gasteiger partial charge in [0.1, 0.15) is 5.76 Å². The third-order valence-electron chi connectivity index (χ3n) is 4.13. The van der Waals surface area contributed by atoms with Gasteiger partial charge in [-0.1, -0.05) is 0 Å². The lowest BCUT2D eigenvalue weighted by Gasteiger charge is -2.19. The molecule has 0 spiro atoms. The molecule has 0 aromatic carbocycles. The summed E-state index contributed by atoms with van der Waals surface area (Å²) >= 11 is 0. The van der Waals surface area contributed by atoms with E-state index in [0.717, 1.165) is 6.42 Å². The molecule has 10 heteroatoms. The molecule has 0 bridgehead atoms. The predicted molar refractivity (Wildman–Crippen MR) is 111 cm³/mol. The molecule has 1 atom stereocenters. The van der Waals surface area contributed by atoms with Gasteiger partial charge in [-0.2, -0.15) is 0 Å². The van der Waals surface area contributed by atoms with Crippen molar-refractivity contribution in [2.45, 2.75) is 19.0 Å². The summed E-state index contributed by atoms with van der Waals surface area (Å²) in [6.45, 7) is 1.70. The van der Waals surface area contributed by atoms with E-state index in [1.807, 2.05) is 4.90 Å². The number of pyridine rings is 1. The fraction of sp³-hybridized carbons (Fsp3) is 0.353. The SMILES string of the molecule is CN=C(NCc1ccc(C(N)=O)o1)NC1CCN(c2ncccc2F)C1.I. The van der Waals surface area contributed by atoms with E-state index in [9.17, 15) is 9.18 Å². The molecular weight excluding hydrogens is 466 g/mol. The number of aromatic nitrogens is 1. The highest BCUT2D eigenvalue weighted by Crippen LogP contribution is 2.20. The molecule has 0 saturated carbocycles. The topological polar surface area (TPSA) is 109 Å². The molecule has 1 unspecified atom stereocenters. The molecule has 2 aromatic rings. The number of anilines is 1. The number of rotatable bonds is 5. The van der Waals surface area contributed by atoms with E-state index in [1.54, 1.807) is 25.4 Å². The Bertz CT molecular complexity index is 812. The molecule has 1 aliphatic heterocycles. The number of nitrogens with zero attached hydrogens (tertiary/aromatic N) is 3. The minimum Gasteiger partial charge on any atom is -0.454 e. The number of carbonyl (C=O) groups is 1. The second kappa shape index (κ2) is 9.53. The quantitative estimate of drug-likeness (QED) is 0.334. The summed E-state index contributed by atoms with van der Waals surface area (Å²) in [5.74, 6) is 0.730. The van der Waals surface area contributed by atoms with E-state index in [4.69, 9.17) is 10.2 Å². The van der Waals surface area contributed by atoms with Gasteiger partial charge in [0.2, 0.25) is 0 Å². The predicted octanol–water partition coefficient (Wildman–Crippen LogP) is 1.47. The summed E-state index contributed by atoms with van der Waals surface area (Å²) in [5, 5.41) is 6.41. The Hall–Kier alpha value is -2.37. The minimum absolute atomic E-state index is 0. The fourth-order valence-electron chi connectivity index (χ4n) is 2.84. The number of aliphatic imine (C=N–C) groups is 1. The highest BCUT2D eigenvalue weighted by atomic mass is 127. The van der Waals surface area contributed by atoms with Gasteiger partial charge in [-0.05, 0) is 30.7 Å². The smallest absolute Gasteiger partial charge is 0.284 e. The van der Waals surface area contributed by atoms with Crippen LogP contribution in [0.15, 0.2) is 39.9 Å². The van der Waals surface area contributed by atoms with E-state index < -0.39 is 5.91 Å². The summed E-state index contributed by atoms with van der Waals surface area (Å²) in [7, 11) is 1.66. The summed E-state index contributed by atoms with van der Waals surface area (Å²) in [6.07, 6.45) is 2.42. The zero-order valence-electron chi connectivity index (χ0n) is 14.8. The average Bonchev–Trinajstić information content (AvgIpc) is 3.28. The van der Waals surface area contributed by atoms with Crippen LogP contribution in [0.25, 0.3) is 0 Å². The lowest BCUT2D eigenvalue weighted by molar-refractivity contribution is 0.0972. The number of furan rings is 1. The Labute approximate surface area is 173 Å². The van der Waals surface area contributed by atoms with Crippen LogP contribution in [0.4, 0.5) is 10.2 Å². The van der Waals surface area contributed by atoms with E-state index >= 15 is 0 Å². The maximum Gasteiger partial charge on any atom is 0.284 e. The van der Waals surface area contributed by atoms with Crippen LogP contribution in [-0.4, -0.2) is 43.0 Å². The van der Waals surface area contributed by atoms with Crippen molar-refractivity contribution in [3.63, 3.8) is 0 Å². The molecule has 8 nitrogen and oxygen atoms in total. The molecule has 1 fully saturated rings. The summed E-state index contributed by atoms with van der Waals surface area (Å²) in [4.78, 5) is 21.2. The Kier molecular flexibility index (Phi) is 7.39. The maximum atomic E-state index is 13.9. The average molecular weight is 488 g/mol. The van der Waals surface area contributed by atoms with Gasteiger partial charge >= 0.3 is 0 Å². The molecule has 27 heavy (non-hydrogen) atoms. The number of amides is 1. The number of halogens is 2. The molecule has 4 N–H and O–H groups in total. The molecule has 0 aliphatic carbocycles. The zero-order chi connectivity index (χ0) is 18.5. The first kappa shape index (κ1) is 20.9. The van der Waals surface area contributed by atoms with E-state index in [-0.39, 0.29) is 41.6 Å². The summed E-state index contributed by atoms with van der Waals surface area (Å²) in [5.41, 5.74) is 5.16. The number of hydrogen-bond acceptors (Lipinski definition) is 5. The lowest BCUT2D eigenvalue weighted by atomic mass is 10.3. The summed E-state index contributed by atoms with van der Waals surface area (Å²) < 4.78 is 19.2. The fourth-order valence-corrected chi connectivity index (χ4v) is 2.84. The van der Waals surface area contributed by atoms with Gasteiger partial charge in [-0.25, -0.2) is 9.37 Å². The number of carbonyl (C=O) groups excluding carboxylic acids is 1. The maximum absolute atomic E-state index is 13.9. The second-order valence-corrected chi connectivity index (χ2v) is 5.94. The van der Waals surface area contributed by atoms with Crippen LogP contribution >= 0.6 is 24.0 Å². The van der Waals surface area contributed by atoms with Gasteiger partial charge in [-0.15, -0.1) is 24.0 Å². The van der Waals surface area contributed by atoms with E-state index in [2.05, 4.69) is 20.6 Å². The Balaban J connectivity index is 0.00000261. The number of guanidine groups is 1. The van der Waals surface area contributed by atoms with E-state index in [0.29, 0.717) is 37.2 Å². The molecule has 1 saturated heterocycles. The molecule has 3 rings (SSSR count). The van der Waals surface area contributed by atoms with Crippen molar-refractivity contribution in [3.8, 4) is 0 Å². The van der Waals surface area contributed by atoms with Crippen LogP contribution in [0.5, 0.6) is 0 Å². The number of primary amides is 1. The van der Waals surface area contributed by atoms with Gasteiger partial charge in [0.15, 0.2) is 23.4 Å². The number of nitrogens with two attached hydrogens (primary N) is 1. The van der Waals surface area contributed by atoms with Crippen molar-refractivity contribution >= 4 is 41.7 Å². The van der Waals surface area contributed by atoms with Gasteiger partial charge in [0, 0.05) is 32.4 Å². The molecule has 146 valence electrons. The van der Waals surface area contributed by atoms with Crippen molar-refractivity contribution in [1.82, 2.24) is 15.6 Å². The first-order valence-corrected chi connectivity index (χ1v) is 8.28. The highest BCUT2D eigenvalue weighted by molar-refractivity contribution is 14.0. The van der Waals surface area contributed by atoms with Gasteiger partial charge in [-0.3, -0.25) is 9.79 Å². The van der Waals surface area contributed by atoms with Crippen LogP contribution in [0.2, 0.25) is 0 Å². The molecule has 0 radical (unpaired) electrons. The van der Waals surface area contributed by atoms with Crippen molar-refractivity contribution < 1.29 is 13.6 Å². The number of hydrogen-bond donors (Lipinski definition) is 3. The monoisotopic (exact) mass is 488 g/mol. The van der Waals surface area contributed by atoms with Crippen LogP contribution in [0, 0.1) is 5.82 Å². The standard InChI is InChI=1S/C17H21FN6O2.HI/c1-20-17(22-9-12-4-5-14(26-12)15(19)25)23-11-6-8-24(10-11)16-13(18)3-2-7-21-16;/h2-5,7,11H,6,8-10H2,1H3,(H2,19,25)(H2,20,22,23);1H. The van der Waals surface area contributed by atoms with Crippen LogP contribution in [-0.2, 0) is 6.54 Å². The van der Waals surface area contributed by atoms with Crippen molar-refractivity contribution in [2.24, 2.45) is 10.7 Å². The number of nitrogens with one attached hydrogen (secondary N) is 2. The van der Waals surface area contributed by atoms with Crippen molar-refractivity contribution in [1.29, 1.82) is 0 Å². The first-order valence-electron chi connectivity index (χ1n) is 8.28. The Morgan fingerprint density at radius 1 is 1.48 bits per heavy atom. The third-order valence-corrected chi connectivity index (χ3v) is 4.13. The van der Waals surface area contributed by atoms with Gasteiger partial charge in [0.25, 0.3) is 5.91 Å². The first-order chi connectivity index (χ1) is 12.6. The van der Waals surface area contributed by atoms with Crippen LogP contribution in [0.3, 0.4) is 0 Å². The minimum atomic E-state index is -0.605. The molecule has 3 heterocycles. The molecule has 2 aromatic heterocycles. The largest absolute Gasteiger partial charge is 0.454 e. The normalized spacial score (nSPS) is 16.7. The molecule has 1 aliphatic rings. The Morgan fingerprint density at radius 2 is 2.30 bits per heavy atom. The van der Waals surface area contributed by atoms with Crippen LogP contribution < -0.4 is 21.3 Å². The highest BCUT2D eigenvalue weighted by Gasteiger charge is 2.25. The third kappa shape index (κ3) is 5.31. The van der Waals surface area contributed by atoms with Crippen molar-refractivity contribution in [2.75, 3.05) is 25.0 Å². The Morgan fingerprint density at radius 3 is 2.96 bits per heavy atom. The summed E-state index contributed by atoms with van der Waals surface area (Å²) in [6, 6.07) is 6.32.